The van der Waals surface area contributed by atoms with Crippen molar-refractivity contribution in [2.24, 2.45) is 11.3 Å². The van der Waals surface area contributed by atoms with E-state index in [4.69, 9.17) is 0 Å². The SMILES string of the molecule is COC(=O)C=C(C)C=CC=C(C)C=CC1=C(C)C(=O)C(C)CC1(C)C. The second-order valence-electron chi connectivity index (χ2n) is 7.41. The molecule has 0 heterocycles. The minimum atomic E-state index is -0.358. The van der Waals surface area contributed by atoms with Gasteiger partial charge in [0.1, 0.15) is 0 Å². The average Bonchev–Trinajstić information content (AvgIpc) is 2.51. The quantitative estimate of drug-likeness (QED) is 0.396. The molecule has 0 amide bonds. The first-order valence-electron chi connectivity index (χ1n) is 8.63. The Hall–Kier alpha value is -2.16. The van der Waals surface area contributed by atoms with Crippen LogP contribution in [0.2, 0.25) is 0 Å². The van der Waals surface area contributed by atoms with Crippen molar-refractivity contribution in [1.82, 2.24) is 0 Å². The van der Waals surface area contributed by atoms with Gasteiger partial charge in [-0.3, -0.25) is 4.79 Å². The zero-order valence-electron chi connectivity index (χ0n) is 16.5. The van der Waals surface area contributed by atoms with Crippen molar-refractivity contribution in [3.63, 3.8) is 0 Å². The van der Waals surface area contributed by atoms with Gasteiger partial charge in [-0.05, 0) is 49.3 Å². The summed E-state index contributed by atoms with van der Waals surface area (Å²) in [6.07, 6.45) is 12.2. The third kappa shape index (κ3) is 6.00. The molecule has 0 saturated carbocycles. The Morgan fingerprint density at radius 2 is 1.84 bits per heavy atom. The first-order valence-corrected chi connectivity index (χ1v) is 8.63. The minimum absolute atomic E-state index is 0.00384. The van der Waals surface area contributed by atoms with Gasteiger partial charge >= 0.3 is 5.97 Å². The molecule has 0 spiro atoms. The molecule has 1 unspecified atom stereocenters. The fourth-order valence-corrected chi connectivity index (χ4v) is 3.24. The summed E-state index contributed by atoms with van der Waals surface area (Å²) >= 11 is 0. The van der Waals surface area contributed by atoms with Crippen LogP contribution in [0.3, 0.4) is 0 Å². The van der Waals surface area contributed by atoms with Gasteiger partial charge in [-0.25, -0.2) is 4.79 Å². The minimum Gasteiger partial charge on any atom is -0.466 e. The van der Waals surface area contributed by atoms with Crippen molar-refractivity contribution in [3.8, 4) is 0 Å². The Balaban J connectivity index is 2.91. The van der Waals surface area contributed by atoms with Gasteiger partial charge < -0.3 is 4.74 Å². The van der Waals surface area contributed by atoms with Crippen molar-refractivity contribution in [2.75, 3.05) is 7.11 Å². The molecule has 0 aromatic rings. The molecule has 0 aromatic carbocycles. The monoisotopic (exact) mass is 342 g/mol. The Bertz CT molecular complexity index is 682. The molecule has 0 saturated heterocycles. The summed E-state index contributed by atoms with van der Waals surface area (Å²) in [5.41, 5.74) is 3.90. The van der Waals surface area contributed by atoms with E-state index in [2.05, 4.69) is 24.7 Å². The summed E-state index contributed by atoms with van der Waals surface area (Å²) in [5.74, 6) is -0.0102. The van der Waals surface area contributed by atoms with Gasteiger partial charge in [0.05, 0.1) is 7.11 Å². The molecule has 0 bridgehead atoms. The Morgan fingerprint density at radius 3 is 2.44 bits per heavy atom. The van der Waals surface area contributed by atoms with Crippen LogP contribution in [0.15, 0.2) is 58.7 Å². The van der Waals surface area contributed by atoms with E-state index in [0.717, 1.165) is 28.7 Å². The number of hydrogen-bond donors (Lipinski definition) is 0. The highest BCUT2D eigenvalue weighted by atomic mass is 16.5. The zero-order chi connectivity index (χ0) is 19.2. The normalized spacial score (nSPS) is 22.2. The third-order valence-corrected chi connectivity index (χ3v) is 4.54. The van der Waals surface area contributed by atoms with E-state index in [1.54, 1.807) is 0 Å². The summed E-state index contributed by atoms with van der Waals surface area (Å²) in [5, 5.41) is 0. The van der Waals surface area contributed by atoms with Crippen molar-refractivity contribution < 1.29 is 14.3 Å². The number of Topliss-reactive ketones (excluding diaryl/α,β-unsaturated/α-hetero) is 1. The van der Waals surface area contributed by atoms with E-state index in [1.807, 2.05) is 52.0 Å². The zero-order valence-corrected chi connectivity index (χ0v) is 16.5. The smallest absolute Gasteiger partial charge is 0.330 e. The lowest BCUT2D eigenvalue weighted by Gasteiger charge is -2.35. The number of methoxy groups -OCH3 is 1. The summed E-state index contributed by atoms with van der Waals surface area (Å²) in [6.45, 7) is 12.2. The molecule has 1 aliphatic rings. The standard InChI is InChI=1S/C22H30O3/c1-15(9-8-10-16(2)13-20(23)25-7)11-12-19-18(4)21(24)17(3)14-22(19,5)6/h8-13,17H,14H2,1-7H3. The van der Waals surface area contributed by atoms with E-state index in [9.17, 15) is 9.59 Å². The van der Waals surface area contributed by atoms with E-state index in [0.29, 0.717) is 0 Å². The van der Waals surface area contributed by atoms with Crippen LogP contribution in [-0.2, 0) is 14.3 Å². The molecular formula is C22H30O3. The average molecular weight is 342 g/mol. The lowest BCUT2D eigenvalue weighted by molar-refractivity contribution is -0.134. The van der Waals surface area contributed by atoms with Crippen LogP contribution in [0.25, 0.3) is 0 Å². The molecule has 136 valence electrons. The molecule has 3 nitrogen and oxygen atoms in total. The Labute approximate surface area is 151 Å². The number of hydrogen-bond acceptors (Lipinski definition) is 3. The van der Waals surface area contributed by atoms with Crippen LogP contribution < -0.4 is 0 Å². The first kappa shape index (κ1) is 20.9. The highest BCUT2D eigenvalue weighted by Crippen LogP contribution is 2.41. The third-order valence-electron chi connectivity index (χ3n) is 4.54. The van der Waals surface area contributed by atoms with Gasteiger partial charge in [-0.1, -0.05) is 56.7 Å². The number of allylic oxidation sites excluding steroid dienone is 9. The first-order chi connectivity index (χ1) is 11.6. The Morgan fingerprint density at radius 1 is 1.20 bits per heavy atom. The van der Waals surface area contributed by atoms with Gasteiger partial charge in [-0.2, -0.15) is 0 Å². The van der Waals surface area contributed by atoms with Crippen molar-refractivity contribution in [1.29, 1.82) is 0 Å². The van der Waals surface area contributed by atoms with Crippen LogP contribution >= 0.6 is 0 Å². The maximum absolute atomic E-state index is 12.3. The molecule has 0 N–H and O–H groups in total. The van der Waals surface area contributed by atoms with Crippen molar-refractivity contribution in [2.45, 2.75) is 48.0 Å². The van der Waals surface area contributed by atoms with Crippen LogP contribution in [0.4, 0.5) is 0 Å². The van der Waals surface area contributed by atoms with Crippen molar-refractivity contribution in [3.05, 3.63) is 58.7 Å². The topological polar surface area (TPSA) is 43.4 Å². The largest absolute Gasteiger partial charge is 0.466 e. The van der Waals surface area contributed by atoms with Gasteiger partial charge in [0.2, 0.25) is 0 Å². The van der Waals surface area contributed by atoms with Crippen molar-refractivity contribution >= 4 is 11.8 Å². The number of esters is 1. The Kier molecular flexibility index (Phi) is 7.35. The second-order valence-corrected chi connectivity index (χ2v) is 7.41. The van der Waals surface area contributed by atoms with E-state index in [-0.39, 0.29) is 23.1 Å². The predicted molar refractivity (Wildman–Crippen MR) is 103 cm³/mol. The molecule has 25 heavy (non-hydrogen) atoms. The molecule has 1 atom stereocenters. The number of rotatable bonds is 5. The number of carbonyl (C=O) groups is 2. The molecule has 0 radical (unpaired) electrons. The maximum atomic E-state index is 12.3. The van der Waals surface area contributed by atoms with Gasteiger partial charge in [0, 0.05) is 12.0 Å². The lowest BCUT2D eigenvalue weighted by atomic mass is 9.68. The molecule has 0 aliphatic heterocycles. The van der Waals surface area contributed by atoms with E-state index >= 15 is 0 Å². The van der Waals surface area contributed by atoms with Crippen LogP contribution in [-0.4, -0.2) is 18.9 Å². The second kappa shape index (κ2) is 8.80. The number of ether oxygens (including phenoxy) is 1. The van der Waals surface area contributed by atoms with Gasteiger partial charge in [0.15, 0.2) is 5.78 Å². The van der Waals surface area contributed by atoms with Crippen LogP contribution in [0, 0.1) is 11.3 Å². The maximum Gasteiger partial charge on any atom is 0.330 e. The highest BCUT2D eigenvalue weighted by molar-refractivity contribution is 5.98. The summed E-state index contributed by atoms with van der Waals surface area (Å²) in [4.78, 5) is 23.4. The molecular weight excluding hydrogens is 312 g/mol. The fraction of sp³-hybridized carbons (Fsp3) is 0.455. The van der Waals surface area contributed by atoms with Gasteiger partial charge in [-0.15, -0.1) is 0 Å². The number of carbonyl (C=O) groups excluding carboxylic acids is 2. The van der Waals surface area contributed by atoms with Crippen LogP contribution in [0.1, 0.15) is 48.0 Å². The van der Waals surface area contributed by atoms with Crippen LogP contribution in [0.5, 0.6) is 0 Å². The molecule has 1 rings (SSSR count). The van der Waals surface area contributed by atoms with E-state index in [1.165, 1.54) is 13.2 Å². The predicted octanol–water partition coefficient (Wildman–Crippen LogP) is 5.12. The fourth-order valence-electron chi connectivity index (χ4n) is 3.24. The van der Waals surface area contributed by atoms with Gasteiger partial charge in [0.25, 0.3) is 0 Å². The molecule has 0 fully saturated rings. The molecule has 3 heteroatoms. The highest BCUT2D eigenvalue weighted by Gasteiger charge is 2.35. The number of ketones is 1. The summed E-state index contributed by atoms with van der Waals surface area (Å²) < 4.78 is 4.59. The summed E-state index contributed by atoms with van der Waals surface area (Å²) in [7, 11) is 1.36. The summed E-state index contributed by atoms with van der Waals surface area (Å²) in [6, 6.07) is 0. The molecule has 1 aliphatic carbocycles. The molecule has 0 aromatic heterocycles. The lowest BCUT2D eigenvalue weighted by Crippen LogP contribution is -2.30. The van der Waals surface area contributed by atoms with E-state index < -0.39 is 0 Å².